The van der Waals surface area contributed by atoms with Gasteiger partial charge in [-0.3, -0.25) is 0 Å². The second kappa shape index (κ2) is 12.7. The van der Waals surface area contributed by atoms with Gasteiger partial charge < -0.3 is 9.84 Å². The van der Waals surface area contributed by atoms with Crippen LogP contribution in [0.15, 0.2) is 36.4 Å². The van der Waals surface area contributed by atoms with Crippen molar-refractivity contribution in [3.8, 4) is 16.9 Å². The van der Waals surface area contributed by atoms with Gasteiger partial charge in [0.05, 0.1) is 12.7 Å². The summed E-state index contributed by atoms with van der Waals surface area (Å²) in [7, 11) is 0. The maximum Gasteiger partial charge on any atom is 0.200 e. The lowest BCUT2D eigenvalue weighted by Gasteiger charge is -2.38. The summed E-state index contributed by atoms with van der Waals surface area (Å²) in [6.45, 7) is 3.27. The zero-order valence-corrected chi connectivity index (χ0v) is 23.8. The first kappa shape index (κ1) is 30.5. The third-order valence-electron chi connectivity index (χ3n) is 9.43. The Bertz CT molecular complexity index is 1420. The number of aliphatic hydroxyl groups excluding tert-OH is 1. The number of aliphatic hydroxyl groups is 1. The van der Waals surface area contributed by atoms with Gasteiger partial charge in [-0.2, -0.15) is 4.39 Å². The number of ether oxygens (including phenoxy) is 1. The van der Waals surface area contributed by atoms with E-state index in [0.717, 1.165) is 44.6 Å². The average Bonchev–Trinajstić information content (AvgIpc) is 2.99. The van der Waals surface area contributed by atoms with Crippen molar-refractivity contribution in [2.24, 2.45) is 11.8 Å². The van der Waals surface area contributed by atoms with Gasteiger partial charge >= 0.3 is 0 Å². The van der Waals surface area contributed by atoms with E-state index in [0.29, 0.717) is 30.2 Å². The lowest BCUT2D eigenvalue weighted by Crippen LogP contribution is -2.25. The molecule has 2 fully saturated rings. The Hall–Kier alpha value is -3.00. The average molecular weight is 591 g/mol. The van der Waals surface area contributed by atoms with Crippen LogP contribution in [0.25, 0.3) is 11.1 Å². The molecule has 0 bridgehead atoms. The SMILES string of the molecule is CCOc1ccc(C2CCC(C3CCC(c4ccc(-c5ccc(C(C)O)c(F)c5F)c(F)c4F)CC3)CC2)c(F)c1F. The van der Waals surface area contributed by atoms with Crippen LogP contribution in [0.5, 0.6) is 5.75 Å². The molecular formula is C34H36F6O2. The van der Waals surface area contributed by atoms with E-state index in [4.69, 9.17) is 4.74 Å². The zero-order valence-electron chi connectivity index (χ0n) is 23.8. The second-order valence-electron chi connectivity index (χ2n) is 11.8. The smallest absolute Gasteiger partial charge is 0.200 e. The molecule has 2 aliphatic rings. The zero-order chi connectivity index (χ0) is 30.1. The monoisotopic (exact) mass is 590 g/mol. The molecule has 0 amide bonds. The van der Waals surface area contributed by atoms with Crippen LogP contribution in [0.3, 0.4) is 0 Å². The van der Waals surface area contributed by atoms with Gasteiger partial charge in [0, 0.05) is 16.7 Å². The van der Waals surface area contributed by atoms with E-state index in [2.05, 4.69) is 0 Å². The van der Waals surface area contributed by atoms with Gasteiger partial charge in [0.25, 0.3) is 0 Å². The van der Waals surface area contributed by atoms with Crippen molar-refractivity contribution in [2.75, 3.05) is 6.61 Å². The molecule has 226 valence electrons. The highest BCUT2D eigenvalue weighted by molar-refractivity contribution is 5.66. The standard InChI is InChI=1S/C34H36F6O2/c1-3-42-28-17-16-25(31(37)34(28)40)22-10-6-20(7-11-22)19-4-8-21(9-5-19)24-13-15-27(33(39)30(24)36)26-14-12-23(18(2)41)29(35)32(26)38/h12-22,41H,3-11H2,1-2H3. The molecule has 0 radical (unpaired) electrons. The molecule has 8 heteroatoms. The van der Waals surface area contributed by atoms with Gasteiger partial charge in [-0.15, -0.1) is 0 Å². The summed E-state index contributed by atoms with van der Waals surface area (Å²) in [5.74, 6) is -6.03. The highest BCUT2D eigenvalue weighted by Gasteiger charge is 2.34. The molecule has 5 rings (SSSR count). The lowest BCUT2D eigenvalue weighted by molar-refractivity contribution is 0.175. The Morgan fingerprint density at radius 2 is 1.07 bits per heavy atom. The van der Waals surface area contributed by atoms with Crippen molar-refractivity contribution >= 4 is 0 Å². The van der Waals surface area contributed by atoms with Gasteiger partial charge in [-0.25, -0.2) is 22.0 Å². The second-order valence-corrected chi connectivity index (χ2v) is 11.8. The lowest BCUT2D eigenvalue weighted by atomic mass is 9.67. The number of hydrogen-bond acceptors (Lipinski definition) is 2. The normalized spacial score (nSPS) is 23.5. The molecule has 2 saturated carbocycles. The predicted octanol–water partition coefficient (Wildman–Crippen LogP) is 9.89. The molecule has 2 aliphatic carbocycles. The van der Waals surface area contributed by atoms with Gasteiger partial charge in [-0.05, 0) is 106 Å². The largest absolute Gasteiger partial charge is 0.491 e. The predicted molar refractivity (Wildman–Crippen MR) is 149 cm³/mol. The van der Waals surface area contributed by atoms with Crippen LogP contribution in [0.1, 0.15) is 99.8 Å². The van der Waals surface area contributed by atoms with E-state index in [9.17, 15) is 22.7 Å². The van der Waals surface area contributed by atoms with Gasteiger partial charge in [-0.1, -0.05) is 30.3 Å². The van der Waals surface area contributed by atoms with E-state index in [1.165, 1.54) is 31.2 Å². The van der Waals surface area contributed by atoms with Gasteiger partial charge in [0.2, 0.25) is 5.82 Å². The Kier molecular flexibility index (Phi) is 9.21. The van der Waals surface area contributed by atoms with Crippen molar-refractivity contribution in [1.29, 1.82) is 0 Å². The van der Waals surface area contributed by atoms with E-state index in [-0.39, 0.29) is 40.9 Å². The molecule has 0 aromatic heterocycles. The maximum absolute atomic E-state index is 15.3. The molecule has 3 aromatic carbocycles. The Labute approximate surface area is 242 Å². The first-order valence-electron chi connectivity index (χ1n) is 14.9. The summed E-state index contributed by atoms with van der Waals surface area (Å²) in [6.07, 6.45) is 5.19. The minimum absolute atomic E-state index is 0.0418. The Morgan fingerprint density at radius 3 is 1.57 bits per heavy atom. The molecule has 0 spiro atoms. The molecule has 1 N–H and O–H groups in total. The number of hydrogen-bond donors (Lipinski definition) is 1. The first-order chi connectivity index (χ1) is 20.1. The van der Waals surface area contributed by atoms with Crippen molar-refractivity contribution in [1.82, 2.24) is 0 Å². The van der Waals surface area contributed by atoms with E-state index in [1.54, 1.807) is 13.0 Å². The van der Waals surface area contributed by atoms with E-state index in [1.807, 2.05) is 0 Å². The molecule has 42 heavy (non-hydrogen) atoms. The number of halogens is 6. The molecule has 1 atom stereocenters. The van der Waals surface area contributed by atoms with Crippen LogP contribution >= 0.6 is 0 Å². The fourth-order valence-electron chi connectivity index (χ4n) is 7.11. The Morgan fingerprint density at radius 1 is 0.619 bits per heavy atom. The van der Waals surface area contributed by atoms with Crippen molar-refractivity contribution < 1.29 is 36.2 Å². The summed E-state index contributed by atoms with van der Waals surface area (Å²) in [5, 5.41) is 9.60. The maximum atomic E-state index is 15.3. The Balaban J connectivity index is 1.21. The minimum Gasteiger partial charge on any atom is -0.491 e. The molecule has 0 aliphatic heterocycles. The van der Waals surface area contributed by atoms with Crippen LogP contribution < -0.4 is 4.74 Å². The number of rotatable bonds is 7. The van der Waals surface area contributed by atoms with Gasteiger partial charge in [0.15, 0.2) is 34.8 Å². The van der Waals surface area contributed by atoms with Crippen LogP contribution in [-0.2, 0) is 0 Å². The van der Waals surface area contributed by atoms with E-state index < -0.39 is 46.6 Å². The third kappa shape index (κ3) is 5.79. The van der Waals surface area contributed by atoms with Crippen LogP contribution in [0.2, 0.25) is 0 Å². The molecule has 0 saturated heterocycles. The quantitative estimate of drug-likeness (QED) is 0.278. The van der Waals surface area contributed by atoms with Crippen LogP contribution in [0.4, 0.5) is 26.3 Å². The fraction of sp³-hybridized carbons (Fsp3) is 0.471. The topological polar surface area (TPSA) is 29.5 Å². The van der Waals surface area contributed by atoms with Crippen LogP contribution in [-0.4, -0.2) is 11.7 Å². The first-order valence-corrected chi connectivity index (χ1v) is 14.9. The molecule has 0 heterocycles. The summed E-state index contributed by atoms with van der Waals surface area (Å²) in [6, 6.07) is 8.22. The molecule has 2 nitrogen and oxygen atoms in total. The van der Waals surface area contributed by atoms with Crippen molar-refractivity contribution in [3.05, 3.63) is 88.0 Å². The van der Waals surface area contributed by atoms with E-state index >= 15 is 8.78 Å². The molecular weight excluding hydrogens is 554 g/mol. The summed E-state index contributed by atoms with van der Waals surface area (Å²) < 4.78 is 93.8. The third-order valence-corrected chi connectivity index (χ3v) is 9.43. The fourth-order valence-corrected chi connectivity index (χ4v) is 7.11. The van der Waals surface area contributed by atoms with Gasteiger partial charge in [0.1, 0.15) is 0 Å². The minimum atomic E-state index is -1.33. The van der Waals surface area contributed by atoms with Crippen molar-refractivity contribution in [2.45, 2.75) is 83.2 Å². The highest BCUT2D eigenvalue weighted by atomic mass is 19.2. The highest BCUT2D eigenvalue weighted by Crippen LogP contribution is 2.47. The summed E-state index contributed by atoms with van der Waals surface area (Å²) in [4.78, 5) is 0. The summed E-state index contributed by atoms with van der Waals surface area (Å²) >= 11 is 0. The molecule has 1 unspecified atom stereocenters. The summed E-state index contributed by atoms with van der Waals surface area (Å²) in [5.41, 5.74) is -0.365. The number of benzene rings is 3. The van der Waals surface area contributed by atoms with Crippen molar-refractivity contribution in [3.63, 3.8) is 0 Å². The molecule has 3 aromatic rings. The van der Waals surface area contributed by atoms with Crippen LogP contribution in [0, 0.1) is 46.7 Å².